The number of rotatable bonds is 7. The van der Waals surface area contributed by atoms with Crippen LogP contribution < -0.4 is 5.32 Å². The molecule has 0 aromatic heterocycles. The molecule has 1 aliphatic heterocycles. The number of nitrogens with zero attached hydrogens (tertiary/aromatic N) is 1. The Labute approximate surface area is 134 Å². The minimum atomic E-state index is 0.442. The summed E-state index contributed by atoms with van der Waals surface area (Å²) in [6, 6.07) is 9.59. The Morgan fingerprint density at radius 3 is 2.38 bits per heavy atom. The van der Waals surface area contributed by atoms with E-state index in [1.165, 1.54) is 48.7 Å². The van der Waals surface area contributed by atoms with Crippen molar-refractivity contribution in [3.63, 3.8) is 0 Å². The van der Waals surface area contributed by atoms with E-state index in [0.717, 1.165) is 12.5 Å². The van der Waals surface area contributed by atoms with Gasteiger partial charge in [-0.3, -0.25) is 0 Å². The van der Waals surface area contributed by atoms with Gasteiger partial charge in [0.15, 0.2) is 0 Å². The summed E-state index contributed by atoms with van der Waals surface area (Å²) in [7, 11) is 0. The lowest BCUT2D eigenvalue weighted by Gasteiger charge is -2.27. The zero-order valence-electron chi connectivity index (χ0n) is 13.8. The lowest BCUT2D eigenvalue weighted by atomic mass is 10.00. The minimum Gasteiger partial charge on any atom is -0.309 e. The van der Waals surface area contributed by atoms with Crippen molar-refractivity contribution in [1.29, 1.82) is 0 Å². The third kappa shape index (κ3) is 6.01. The van der Waals surface area contributed by atoms with Crippen LogP contribution in [0.2, 0.25) is 0 Å². The van der Waals surface area contributed by atoms with Crippen LogP contribution in [-0.2, 0) is 6.42 Å². The van der Waals surface area contributed by atoms with Crippen LogP contribution in [-0.4, -0.2) is 42.6 Å². The van der Waals surface area contributed by atoms with Gasteiger partial charge in [-0.25, -0.2) is 0 Å². The summed E-state index contributed by atoms with van der Waals surface area (Å²) >= 11 is 2.08. The standard InChI is InChI=1S/C18H30N2S/c1-15(2)14-17-4-6-18(7-5-17)16(3)19-8-9-20-10-12-21-13-11-20/h4-7,15-16,19H,8-14H2,1-3H3. The van der Waals surface area contributed by atoms with Gasteiger partial charge in [-0.1, -0.05) is 38.1 Å². The average molecular weight is 307 g/mol. The van der Waals surface area contributed by atoms with E-state index in [4.69, 9.17) is 0 Å². The molecule has 0 amide bonds. The molecule has 1 aliphatic rings. The number of nitrogens with one attached hydrogen (secondary N) is 1. The molecule has 1 fully saturated rings. The summed E-state index contributed by atoms with van der Waals surface area (Å²) in [5.74, 6) is 3.33. The van der Waals surface area contributed by atoms with Gasteiger partial charge in [0.1, 0.15) is 0 Å². The highest BCUT2D eigenvalue weighted by atomic mass is 32.2. The van der Waals surface area contributed by atoms with Crippen molar-refractivity contribution in [3.05, 3.63) is 35.4 Å². The monoisotopic (exact) mass is 306 g/mol. The van der Waals surface area contributed by atoms with Gasteiger partial charge >= 0.3 is 0 Å². The van der Waals surface area contributed by atoms with E-state index in [1.54, 1.807) is 0 Å². The molecule has 1 aromatic rings. The topological polar surface area (TPSA) is 15.3 Å². The first-order valence-electron chi connectivity index (χ1n) is 8.27. The largest absolute Gasteiger partial charge is 0.309 e. The maximum Gasteiger partial charge on any atom is 0.0292 e. The van der Waals surface area contributed by atoms with Crippen molar-refractivity contribution >= 4 is 11.8 Å². The van der Waals surface area contributed by atoms with Crippen LogP contribution in [0, 0.1) is 5.92 Å². The Bertz CT molecular complexity index is 396. The maximum atomic E-state index is 3.66. The van der Waals surface area contributed by atoms with Crippen LogP contribution in [0.4, 0.5) is 0 Å². The van der Waals surface area contributed by atoms with Gasteiger partial charge in [-0.05, 0) is 30.4 Å². The Morgan fingerprint density at radius 2 is 1.76 bits per heavy atom. The highest BCUT2D eigenvalue weighted by Gasteiger charge is 2.10. The quantitative estimate of drug-likeness (QED) is 0.829. The summed E-state index contributed by atoms with van der Waals surface area (Å²) < 4.78 is 0. The molecule has 3 heteroatoms. The molecule has 0 bridgehead atoms. The molecule has 1 saturated heterocycles. The predicted molar refractivity (Wildman–Crippen MR) is 95.2 cm³/mol. The molecule has 118 valence electrons. The number of hydrogen-bond acceptors (Lipinski definition) is 3. The molecular formula is C18H30N2S. The zero-order valence-corrected chi connectivity index (χ0v) is 14.6. The molecule has 1 aromatic carbocycles. The van der Waals surface area contributed by atoms with E-state index in [2.05, 4.69) is 67.0 Å². The number of hydrogen-bond donors (Lipinski definition) is 1. The van der Waals surface area contributed by atoms with Crippen molar-refractivity contribution < 1.29 is 0 Å². The third-order valence-corrected chi connectivity index (χ3v) is 5.05. The molecule has 0 saturated carbocycles. The minimum absolute atomic E-state index is 0.442. The van der Waals surface area contributed by atoms with Crippen LogP contribution in [0.25, 0.3) is 0 Å². The van der Waals surface area contributed by atoms with E-state index in [9.17, 15) is 0 Å². The Kier molecular flexibility index (Phi) is 7.08. The molecule has 0 aliphatic carbocycles. The van der Waals surface area contributed by atoms with Gasteiger partial charge in [0.05, 0.1) is 0 Å². The first kappa shape index (κ1) is 16.9. The number of benzene rings is 1. The van der Waals surface area contributed by atoms with Crippen molar-refractivity contribution in [2.75, 3.05) is 37.7 Å². The molecule has 1 atom stereocenters. The van der Waals surface area contributed by atoms with Crippen molar-refractivity contribution in [2.45, 2.75) is 33.2 Å². The van der Waals surface area contributed by atoms with E-state index in [1.807, 2.05) is 0 Å². The second kappa shape index (κ2) is 8.82. The van der Waals surface area contributed by atoms with Crippen LogP contribution in [0.3, 0.4) is 0 Å². The van der Waals surface area contributed by atoms with Crippen LogP contribution in [0.5, 0.6) is 0 Å². The molecular weight excluding hydrogens is 276 g/mol. The van der Waals surface area contributed by atoms with Crippen LogP contribution in [0.1, 0.15) is 37.9 Å². The SMILES string of the molecule is CC(C)Cc1ccc(C(C)NCCN2CCSCC2)cc1. The predicted octanol–water partition coefficient (Wildman–Crippen LogP) is 3.58. The lowest BCUT2D eigenvalue weighted by Crippen LogP contribution is -2.38. The van der Waals surface area contributed by atoms with Crippen molar-refractivity contribution in [1.82, 2.24) is 10.2 Å². The van der Waals surface area contributed by atoms with Crippen LogP contribution in [0.15, 0.2) is 24.3 Å². The van der Waals surface area contributed by atoms with E-state index in [-0.39, 0.29) is 0 Å². The summed E-state index contributed by atoms with van der Waals surface area (Å²) in [6.45, 7) is 11.6. The van der Waals surface area contributed by atoms with E-state index in [0.29, 0.717) is 6.04 Å². The molecule has 1 unspecified atom stereocenters. The van der Waals surface area contributed by atoms with Gasteiger partial charge in [0.25, 0.3) is 0 Å². The van der Waals surface area contributed by atoms with E-state index >= 15 is 0 Å². The first-order valence-corrected chi connectivity index (χ1v) is 9.43. The van der Waals surface area contributed by atoms with Gasteiger partial charge in [-0.2, -0.15) is 11.8 Å². The molecule has 0 spiro atoms. The zero-order chi connectivity index (χ0) is 15.1. The molecule has 0 radical (unpaired) electrons. The van der Waals surface area contributed by atoms with E-state index < -0.39 is 0 Å². The summed E-state index contributed by atoms with van der Waals surface area (Å²) in [5.41, 5.74) is 2.85. The fourth-order valence-corrected chi connectivity index (χ4v) is 3.77. The maximum absolute atomic E-state index is 3.66. The van der Waals surface area contributed by atoms with Gasteiger partial charge in [-0.15, -0.1) is 0 Å². The molecule has 2 nitrogen and oxygen atoms in total. The summed E-state index contributed by atoms with van der Waals surface area (Å²) in [4.78, 5) is 2.57. The molecule has 2 rings (SSSR count). The highest BCUT2D eigenvalue weighted by Crippen LogP contribution is 2.15. The van der Waals surface area contributed by atoms with Crippen molar-refractivity contribution in [2.24, 2.45) is 5.92 Å². The highest BCUT2D eigenvalue weighted by molar-refractivity contribution is 7.99. The van der Waals surface area contributed by atoms with Crippen LogP contribution >= 0.6 is 11.8 Å². The Balaban J connectivity index is 1.73. The fourth-order valence-electron chi connectivity index (χ4n) is 2.80. The van der Waals surface area contributed by atoms with Gasteiger partial charge in [0, 0.05) is 43.7 Å². The van der Waals surface area contributed by atoms with Gasteiger partial charge < -0.3 is 10.2 Å². The summed E-state index contributed by atoms with van der Waals surface area (Å²) in [6.07, 6.45) is 1.18. The smallest absolute Gasteiger partial charge is 0.0292 e. The summed E-state index contributed by atoms with van der Waals surface area (Å²) in [5, 5.41) is 3.66. The molecule has 1 heterocycles. The second-order valence-corrected chi connectivity index (χ2v) is 7.69. The third-order valence-electron chi connectivity index (χ3n) is 4.11. The number of thioether (sulfide) groups is 1. The first-order chi connectivity index (χ1) is 10.1. The lowest BCUT2D eigenvalue weighted by molar-refractivity contribution is 0.297. The Morgan fingerprint density at radius 1 is 1.10 bits per heavy atom. The Hall–Kier alpha value is -0.510. The normalized spacial score (nSPS) is 18.1. The second-order valence-electron chi connectivity index (χ2n) is 6.47. The fraction of sp³-hybridized carbons (Fsp3) is 0.667. The molecule has 21 heavy (non-hydrogen) atoms. The van der Waals surface area contributed by atoms with Crippen molar-refractivity contribution in [3.8, 4) is 0 Å². The average Bonchev–Trinajstić information content (AvgIpc) is 2.48. The van der Waals surface area contributed by atoms with Gasteiger partial charge in [0.2, 0.25) is 0 Å². The molecule has 1 N–H and O–H groups in total.